The minimum atomic E-state index is -2.59. The van der Waals surface area contributed by atoms with E-state index in [0.29, 0.717) is 30.0 Å². The molecule has 0 radical (unpaired) electrons. The zero-order chi connectivity index (χ0) is 29.0. The predicted molar refractivity (Wildman–Crippen MR) is 152 cm³/mol. The number of esters is 1. The van der Waals surface area contributed by atoms with Crippen LogP contribution in [-0.2, 0) is 15.1 Å². The first-order chi connectivity index (χ1) is 19.7. The fourth-order valence-electron chi connectivity index (χ4n) is 5.78. The number of anilines is 2. The van der Waals surface area contributed by atoms with Crippen molar-refractivity contribution in [1.29, 1.82) is 0 Å². The molecule has 8 nitrogen and oxygen atoms in total. The predicted octanol–water partition coefficient (Wildman–Crippen LogP) is 5.84. The lowest BCUT2D eigenvalue weighted by molar-refractivity contribution is -0.157. The van der Waals surface area contributed by atoms with E-state index in [-0.39, 0.29) is 35.3 Å². The SMILES string of the molecule is Cc1cc(Nc2cc(C(F)F)ccn2)nc(-c2ccc([C@](C)(O)[C@H]3CC[C@H](C(=O)OC4CCNCC4)CC3)nc2)c1. The molecule has 5 rings (SSSR count). The summed E-state index contributed by atoms with van der Waals surface area (Å²) in [5, 5.41) is 17.8. The van der Waals surface area contributed by atoms with Crippen molar-refractivity contribution in [2.24, 2.45) is 11.8 Å². The summed E-state index contributed by atoms with van der Waals surface area (Å²) in [6.45, 7) is 5.48. The van der Waals surface area contributed by atoms with Crippen molar-refractivity contribution < 1.29 is 23.4 Å². The van der Waals surface area contributed by atoms with Gasteiger partial charge < -0.3 is 20.5 Å². The minimum Gasteiger partial charge on any atom is -0.462 e. The Kier molecular flexibility index (Phi) is 8.89. The van der Waals surface area contributed by atoms with Gasteiger partial charge in [-0.15, -0.1) is 0 Å². The molecule has 218 valence electrons. The molecule has 1 saturated carbocycles. The highest BCUT2D eigenvalue weighted by atomic mass is 19.3. The van der Waals surface area contributed by atoms with E-state index in [1.165, 1.54) is 18.3 Å². The lowest BCUT2D eigenvalue weighted by Crippen LogP contribution is -2.38. The van der Waals surface area contributed by atoms with Crippen LogP contribution in [-0.4, -0.2) is 45.2 Å². The summed E-state index contributed by atoms with van der Waals surface area (Å²) < 4.78 is 31.9. The zero-order valence-corrected chi connectivity index (χ0v) is 23.4. The molecule has 1 saturated heterocycles. The summed E-state index contributed by atoms with van der Waals surface area (Å²) >= 11 is 0. The number of ether oxygens (including phenoxy) is 1. The Morgan fingerprint density at radius 1 is 1.05 bits per heavy atom. The summed E-state index contributed by atoms with van der Waals surface area (Å²) in [7, 11) is 0. The molecule has 3 N–H and O–H groups in total. The van der Waals surface area contributed by atoms with Gasteiger partial charge in [0, 0.05) is 23.5 Å². The van der Waals surface area contributed by atoms with E-state index in [1.54, 1.807) is 13.1 Å². The van der Waals surface area contributed by atoms with E-state index in [0.717, 1.165) is 49.9 Å². The first-order valence-electron chi connectivity index (χ1n) is 14.3. The number of aryl methyl sites for hydroxylation is 1. The molecule has 0 amide bonds. The second kappa shape index (κ2) is 12.6. The van der Waals surface area contributed by atoms with Crippen molar-refractivity contribution in [2.45, 2.75) is 70.5 Å². The average molecular weight is 566 g/mol. The number of hydrogen-bond acceptors (Lipinski definition) is 8. The molecule has 0 bridgehead atoms. The van der Waals surface area contributed by atoms with Gasteiger partial charge in [0.2, 0.25) is 0 Å². The summed E-state index contributed by atoms with van der Waals surface area (Å²) in [5.74, 6) is 0.522. The van der Waals surface area contributed by atoms with Crippen molar-refractivity contribution in [3.63, 3.8) is 0 Å². The van der Waals surface area contributed by atoms with E-state index in [1.807, 2.05) is 31.2 Å². The highest BCUT2D eigenvalue weighted by molar-refractivity contribution is 5.72. The van der Waals surface area contributed by atoms with Crippen LogP contribution in [0, 0.1) is 18.8 Å². The Morgan fingerprint density at radius 3 is 2.49 bits per heavy atom. The number of alkyl halides is 2. The standard InChI is InChI=1S/C31H37F2N5O3/c1-19-15-25(37-28(16-19)38-27-17-21(29(32)33)9-14-35-27)22-5-8-26(36-18-22)31(2,40)23-6-3-20(4-7-23)30(39)41-24-10-12-34-13-11-24/h5,8-9,14-18,20,23-24,29,34,40H,3-4,6-7,10-13H2,1-2H3,(H,35,37,38)/t20-,23-,31-/m1/s1. The molecule has 0 spiro atoms. The fraction of sp³-hybridized carbons (Fsp3) is 0.484. The Hall–Kier alpha value is -3.50. The first-order valence-corrected chi connectivity index (χ1v) is 14.3. The average Bonchev–Trinajstić information content (AvgIpc) is 2.97. The first kappa shape index (κ1) is 29.0. The second-order valence-electron chi connectivity index (χ2n) is 11.3. The molecule has 2 aliphatic rings. The van der Waals surface area contributed by atoms with E-state index in [2.05, 4.69) is 25.6 Å². The highest BCUT2D eigenvalue weighted by Crippen LogP contribution is 2.41. The van der Waals surface area contributed by atoms with Crippen molar-refractivity contribution >= 4 is 17.6 Å². The normalized spacial score (nSPS) is 21.3. The van der Waals surface area contributed by atoms with E-state index in [4.69, 9.17) is 4.74 Å². The van der Waals surface area contributed by atoms with Gasteiger partial charge in [-0.2, -0.15) is 0 Å². The molecular formula is C31H37F2N5O3. The molecule has 10 heteroatoms. The molecule has 0 aromatic carbocycles. The number of aliphatic hydroxyl groups is 1. The van der Waals surface area contributed by atoms with Crippen molar-refractivity contribution in [3.8, 4) is 11.3 Å². The number of pyridine rings is 3. The van der Waals surface area contributed by atoms with Crippen molar-refractivity contribution in [2.75, 3.05) is 18.4 Å². The van der Waals surface area contributed by atoms with Gasteiger partial charge >= 0.3 is 5.97 Å². The third-order valence-corrected chi connectivity index (χ3v) is 8.26. The number of carbonyl (C=O) groups excluding carboxylic acids is 1. The molecule has 1 aliphatic heterocycles. The molecule has 3 aromatic rings. The molecule has 0 unspecified atom stereocenters. The van der Waals surface area contributed by atoms with Crippen molar-refractivity contribution in [1.82, 2.24) is 20.3 Å². The van der Waals surface area contributed by atoms with Crippen molar-refractivity contribution in [3.05, 3.63) is 65.6 Å². The Balaban J connectivity index is 1.22. The van der Waals surface area contributed by atoms with Crippen LogP contribution in [0.1, 0.15) is 68.7 Å². The lowest BCUT2D eigenvalue weighted by Gasteiger charge is -2.37. The monoisotopic (exact) mass is 565 g/mol. The Labute approximate surface area is 239 Å². The number of hydrogen-bond donors (Lipinski definition) is 3. The van der Waals surface area contributed by atoms with Gasteiger partial charge in [0.25, 0.3) is 6.43 Å². The molecule has 4 heterocycles. The number of nitrogens with one attached hydrogen (secondary N) is 2. The lowest BCUT2D eigenvalue weighted by atomic mass is 9.73. The smallest absolute Gasteiger partial charge is 0.309 e. The van der Waals surface area contributed by atoms with Gasteiger partial charge in [0.15, 0.2) is 0 Å². The van der Waals surface area contributed by atoms with Crippen LogP contribution in [0.2, 0.25) is 0 Å². The number of piperidine rings is 1. The molecule has 3 aromatic heterocycles. The number of halogens is 2. The van der Waals surface area contributed by atoms with Gasteiger partial charge in [-0.1, -0.05) is 0 Å². The molecule has 41 heavy (non-hydrogen) atoms. The third kappa shape index (κ3) is 7.05. The van der Waals surface area contributed by atoms with Gasteiger partial charge in [-0.25, -0.2) is 18.7 Å². The topological polar surface area (TPSA) is 109 Å². The quantitative estimate of drug-likeness (QED) is 0.293. The summed E-state index contributed by atoms with van der Waals surface area (Å²) in [6.07, 6.45) is 5.00. The summed E-state index contributed by atoms with van der Waals surface area (Å²) in [4.78, 5) is 26.1. The number of rotatable bonds is 8. The van der Waals surface area contributed by atoms with Crippen LogP contribution in [0.25, 0.3) is 11.3 Å². The van der Waals surface area contributed by atoms with E-state index < -0.39 is 12.0 Å². The number of nitrogens with zero attached hydrogens (tertiary/aromatic N) is 3. The van der Waals surface area contributed by atoms with Crippen LogP contribution in [0.4, 0.5) is 20.4 Å². The maximum atomic E-state index is 13.1. The summed E-state index contributed by atoms with van der Waals surface area (Å²) in [6, 6.07) is 10.00. The third-order valence-electron chi connectivity index (χ3n) is 8.26. The Morgan fingerprint density at radius 2 is 1.80 bits per heavy atom. The zero-order valence-electron chi connectivity index (χ0n) is 23.4. The molecule has 1 atom stereocenters. The fourth-order valence-corrected chi connectivity index (χ4v) is 5.78. The largest absolute Gasteiger partial charge is 0.462 e. The van der Waals surface area contributed by atoms with Gasteiger partial charge in [0.05, 0.1) is 17.3 Å². The minimum absolute atomic E-state index is 0.00963. The van der Waals surface area contributed by atoms with Crippen LogP contribution < -0.4 is 10.6 Å². The number of carbonyl (C=O) groups is 1. The van der Waals surface area contributed by atoms with Gasteiger partial charge in [-0.05, 0) is 113 Å². The Bertz CT molecular complexity index is 1340. The van der Waals surface area contributed by atoms with Crippen LogP contribution in [0.3, 0.4) is 0 Å². The van der Waals surface area contributed by atoms with E-state index in [9.17, 15) is 18.7 Å². The van der Waals surface area contributed by atoms with Crippen LogP contribution >= 0.6 is 0 Å². The van der Waals surface area contributed by atoms with E-state index >= 15 is 0 Å². The molecule has 2 fully saturated rings. The maximum absolute atomic E-state index is 13.1. The summed E-state index contributed by atoms with van der Waals surface area (Å²) in [5.41, 5.74) is 1.65. The van der Waals surface area contributed by atoms with Gasteiger partial charge in [0.1, 0.15) is 23.3 Å². The van der Waals surface area contributed by atoms with Gasteiger partial charge in [-0.3, -0.25) is 9.78 Å². The molecule has 1 aliphatic carbocycles. The van der Waals surface area contributed by atoms with Crippen LogP contribution in [0.5, 0.6) is 0 Å². The maximum Gasteiger partial charge on any atom is 0.309 e. The molecular weight excluding hydrogens is 528 g/mol. The number of aromatic nitrogens is 3. The second-order valence-corrected chi connectivity index (χ2v) is 11.3. The highest BCUT2D eigenvalue weighted by Gasteiger charge is 2.39. The van der Waals surface area contributed by atoms with Crippen LogP contribution in [0.15, 0.2) is 48.8 Å².